The molecule has 2 heterocycles. The Morgan fingerprint density at radius 1 is 1.16 bits per heavy atom. The van der Waals surface area contributed by atoms with E-state index >= 15 is 0 Å². The summed E-state index contributed by atoms with van der Waals surface area (Å²) in [4.78, 5) is 23.3. The van der Waals surface area contributed by atoms with E-state index in [-0.39, 0.29) is 27.6 Å². The van der Waals surface area contributed by atoms with Crippen LogP contribution in [0.1, 0.15) is 44.7 Å². The lowest BCUT2D eigenvalue weighted by Gasteiger charge is -2.30. The van der Waals surface area contributed by atoms with Crippen molar-refractivity contribution in [1.29, 1.82) is 0 Å². The number of fused-ring (bicyclic) bond motifs is 1. The smallest absolute Gasteiger partial charge is 0.229 e. The minimum Gasteiger partial charge on any atom is -0.495 e. The van der Waals surface area contributed by atoms with Gasteiger partial charge in [-0.2, -0.15) is 4.98 Å². The van der Waals surface area contributed by atoms with Crippen molar-refractivity contribution in [2.24, 2.45) is 0 Å². The molecule has 2 aromatic carbocycles. The second kappa shape index (κ2) is 11.6. The van der Waals surface area contributed by atoms with Crippen LogP contribution in [0.3, 0.4) is 0 Å². The van der Waals surface area contributed by atoms with E-state index in [1.165, 1.54) is 6.20 Å². The zero-order valence-electron chi connectivity index (χ0n) is 21.9. The Hall–Kier alpha value is -3.37. The Labute approximate surface area is 228 Å². The molecule has 0 saturated heterocycles. The Morgan fingerprint density at radius 3 is 2.63 bits per heavy atom. The van der Waals surface area contributed by atoms with Gasteiger partial charge in [-0.1, -0.05) is 30.7 Å². The highest BCUT2D eigenvalue weighted by Gasteiger charge is 2.24. The van der Waals surface area contributed by atoms with Crippen molar-refractivity contribution < 1.29 is 17.9 Å². The van der Waals surface area contributed by atoms with Crippen LogP contribution in [0.25, 0.3) is 0 Å². The third-order valence-corrected chi connectivity index (χ3v) is 8.90. The van der Waals surface area contributed by atoms with Gasteiger partial charge in [-0.3, -0.25) is 4.79 Å². The summed E-state index contributed by atoms with van der Waals surface area (Å²) in [5.41, 5.74) is 3.18. The zero-order valence-corrected chi connectivity index (χ0v) is 23.5. The van der Waals surface area contributed by atoms with Gasteiger partial charge in [0.15, 0.2) is 15.7 Å². The number of para-hydroxylation sites is 1. The number of hydrogen-bond donors (Lipinski definition) is 2. The van der Waals surface area contributed by atoms with Gasteiger partial charge >= 0.3 is 0 Å². The average molecular weight is 558 g/mol. The largest absolute Gasteiger partial charge is 0.495 e. The van der Waals surface area contributed by atoms with Crippen molar-refractivity contribution >= 4 is 50.5 Å². The normalized spacial score (nSPS) is 13.3. The molecule has 11 heteroatoms. The minimum atomic E-state index is -3.54. The molecule has 9 nitrogen and oxygen atoms in total. The Bertz CT molecular complexity index is 1450. The standard InChI is InChI=1S/C27H32ClN5O4S/c1-5-8-25(34)33-12-11-18-14-23(37-4)22(13-19(18)16-33)31-27-29-15-20(28)26(32-27)30-21-9-6-7-10-24(21)38(35,36)17(2)3/h6-7,9-10,13-15,17H,5,8,11-12,16H2,1-4H3,(H2,29,30,31,32). The molecule has 38 heavy (non-hydrogen) atoms. The Kier molecular flexibility index (Phi) is 8.42. The van der Waals surface area contributed by atoms with Crippen molar-refractivity contribution in [3.05, 3.63) is 58.7 Å². The third kappa shape index (κ3) is 5.86. The monoisotopic (exact) mass is 557 g/mol. The lowest BCUT2D eigenvalue weighted by molar-refractivity contribution is -0.132. The molecule has 1 aliphatic heterocycles. The van der Waals surface area contributed by atoms with Crippen molar-refractivity contribution in [1.82, 2.24) is 14.9 Å². The van der Waals surface area contributed by atoms with Crippen molar-refractivity contribution in [2.75, 3.05) is 24.3 Å². The first-order valence-electron chi connectivity index (χ1n) is 12.5. The molecule has 3 aromatic rings. The summed E-state index contributed by atoms with van der Waals surface area (Å²) in [6.07, 6.45) is 3.54. The van der Waals surface area contributed by atoms with Gasteiger partial charge in [0, 0.05) is 19.5 Å². The number of sulfone groups is 1. The quantitative estimate of drug-likeness (QED) is 0.355. The molecule has 0 bridgehead atoms. The van der Waals surface area contributed by atoms with E-state index in [1.54, 1.807) is 45.2 Å². The molecule has 0 spiro atoms. The number of methoxy groups -OCH3 is 1. The van der Waals surface area contributed by atoms with Crippen molar-refractivity contribution in [3.63, 3.8) is 0 Å². The molecule has 1 aliphatic rings. The van der Waals surface area contributed by atoms with E-state index < -0.39 is 15.1 Å². The van der Waals surface area contributed by atoms with E-state index in [0.717, 1.165) is 24.0 Å². The fraction of sp³-hybridized carbons (Fsp3) is 0.370. The van der Waals surface area contributed by atoms with E-state index in [4.69, 9.17) is 16.3 Å². The first kappa shape index (κ1) is 27.7. The molecule has 2 N–H and O–H groups in total. The summed E-state index contributed by atoms with van der Waals surface area (Å²) in [5.74, 6) is 1.27. The number of amides is 1. The molecule has 0 unspecified atom stereocenters. The van der Waals surface area contributed by atoms with Crippen LogP contribution >= 0.6 is 11.6 Å². The lowest BCUT2D eigenvalue weighted by atomic mass is 9.98. The number of rotatable bonds is 9. The van der Waals surface area contributed by atoms with Crippen LogP contribution < -0.4 is 15.4 Å². The van der Waals surface area contributed by atoms with Crippen LogP contribution in [0.4, 0.5) is 23.1 Å². The van der Waals surface area contributed by atoms with Crippen LogP contribution in [0.15, 0.2) is 47.5 Å². The second-order valence-corrected chi connectivity index (χ2v) is 12.2. The van der Waals surface area contributed by atoms with Crippen LogP contribution in [0.5, 0.6) is 5.75 Å². The highest BCUT2D eigenvalue weighted by molar-refractivity contribution is 7.92. The van der Waals surface area contributed by atoms with Crippen molar-refractivity contribution in [2.45, 2.75) is 56.7 Å². The van der Waals surface area contributed by atoms with Gasteiger partial charge in [0.05, 0.1) is 34.8 Å². The topological polar surface area (TPSA) is 114 Å². The molecule has 0 radical (unpaired) electrons. The average Bonchev–Trinajstić information content (AvgIpc) is 2.90. The van der Waals surface area contributed by atoms with E-state index in [0.29, 0.717) is 36.6 Å². The molecule has 0 atom stereocenters. The number of nitrogens with zero attached hydrogens (tertiary/aromatic N) is 3. The molecule has 0 fully saturated rings. The summed E-state index contributed by atoms with van der Waals surface area (Å²) >= 11 is 6.38. The predicted molar refractivity (Wildman–Crippen MR) is 149 cm³/mol. The number of carbonyl (C=O) groups excluding carboxylic acids is 1. The molecular formula is C27H32ClN5O4S. The van der Waals surface area contributed by atoms with E-state index in [1.807, 2.05) is 24.0 Å². The predicted octanol–water partition coefficient (Wildman–Crippen LogP) is 5.49. The number of halogens is 1. The van der Waals surface area contributed by atoms with E-state index in [9.17, 15) is 13.2 Å². The van der Waals surface area contributed by atoms with Crippen molar-refractivity contribution in [3.8, 4) is 5.75 Å². The molecule has 1 amide bonds. The number of benzene rings is 2. The molecule has 0 saturated carbocycles. The number of anilines is 4. The molecule has 1 aromatic heterocycles. The van der Waals surface area contributed by atoms with Gasteiger partial charge in [-0.15, -0.1) is 0 Å². The van der Waals surface area contributed by atoms with Gasteiger partial charge in [0.25, 0.3) is 0 Å². The highest BCUT2D eigenvalue weighted by Crippen LogP contribution is 2.35. The van der Waals surface area contributed by atoms with Crippen LogP contribution in [0.2, 0.25) is 5.02 Å². The summed E-state index contributed by atoms with van der Waals surface area (Å²) in [6, 6.07) is 10.6. The summed E-state index contributed by atoms with van der Waals surface area (Å²) in [7, 11) is -1.95. The number of nitrogens with one attached hydrogen (secondary N) is 2. The van der Waals surface area contributed by atoms with Gasteiger partial charge in [0.2, 0.25) is 11.9 Å². The van der Waals surface area contributed by atoms with Gasteiger partial charge in [0.1, 0.15) is 10.8 Å². The van der Waals surface area contributed by atoms with Crippen LogP contribution in [0, 0.1) is 0 Å². The Balaban J connectivity index is 1.63. The van der Waals surface area contributed by atoms with Gasteiger partial charge in [-0.05, 0) is 62.1 Å². The molecule has 4 rings (SSSR count). The van der Waals surface area contributed by atoms with Crippen LogP contribution in [-0.4, -0.2) is 48.1 Å². The molecular weight excluding hydrogens is 526 g/mol. The zero-order chi connectivity index (χ0) is 27.4. The summed E-state index contributed by atoms with van der Waals surface area (Å²) < 4.78 is 31.4. The molecule has 202 valence electrons. The first-order chi connectivity index (χ1) is 18.1. The highest BCUT2D eigenvalue weighted by atomic mass is 35.5. The fourth-order valence-electron chi connectivity index (χ4n) is 4.27. The maximum absolute atomic E-state index is 12.9. The number of aromatic nitrogens is 2. The SMILES string of the molecule is CCCC(=O)N1CCc2cc(OC)c(Nc3ncc(Cl)c(Nc4ccccc4S(=O)(=O)C(C)C)n3)cc2C1. The molecule has 0 aliphatic carbocycles. The maximum Gasteiger partial charge on any atom is 0.229 e. The maximum atomic E-state index is 12.9. The van der Waals surface area contributed by atoms with Gasteiger partial charge < -0.3 is 20.3 Å². The third-order valence-electron chi connectivity index (χ3n) is 6.41. The second-order valence-electron chi connectivity index (χ2n) is 9.37. The first-order valence-corrected chi connectivity index (χ1v) is 14.4. The minimum absolute atomic E-state index is 0.153. The fourth-order valence-corrected chi connectivity index (χ4v) is 5.61. The van der Waals surface area contributed by atoms with Gasteiger partial charge in [-0.25, -0.2) is 13.4 Å². The summed E-state index contributed by atoms with van der Waals surface area (Å²) in [5, 5.41) is 5.89. The number of ether oxygens (including phenoxy) is 1. The summed E-state index contributed by atoms with van der Waals surface area (Å²) in [6.45, 7) is 6.49. The van der Waals surface area contributed by atoms with E-state index in [2.05, 4.69) is 20.6 Å². The lowest BCUT2D eigenvalue weighted by Crippen LogP contribution is -2.35. The van der Waals surface area contributed by atoms with Crippen LogP contribution in [-0.2, 0) is 27.6 Å². The number of carbonyl (C=O) groups is 1. The Morgan fingerprint density at radius 2 is 1.92 bits per heavy atom. The number of hydrogen-bond acceptors (Lipinski definition) is 8.